The van der Waals surface area contributed by atoms with Crippen molar-refractivity contribution in [1.82, 2.24) is 4.98 Å². The van der Waals surface area contributed by atoms with Gasteiger partial charge in [0.2, 0.25) is 0 Å². The maximum Gasteiger partial charge on any atom is 0.118 e. The fourth-order valence-corrected chi connectivity index (χ4v) is 1.32. The minimum Gasteiger partial charge on any atom is -0.327 e. The molecule has 2 N–H and O–H groups in total. The molecule has 0 radical (unpaired) electrons. The normalized spacial score (nSPS) is 12.0. The number of allylic oxidation sites excluding steroid dienone is 1. The van der Waals surface area contributed by atoms with E-state index >= 15 is 0 Å². The fraction of sp³-hybridized carbons (Fsp3) is 0.286. The van der Waals surface area contributed by atoms with Gasteiger partial charge in [-0.15, -0.1) is 11.3 Å². The summed E-state index contributed by atoms with van der Waals surface area (Å²) in [5.74, 6) is 0. The van der Waals surface area contributed by atoms with Crippen molar-refractivity contribution in [2.24, 2.45) is 5.73 Å². The predicted octanol–water partition coefficient (Wildman–Crippen LogP) is 1.51. The highest BCUT2D eigenvalue weighted by atomic mass is 32.1. The van der Waals surface area contributed by atoms with Crippen LogP contribution in [0, 0.1) is 0 Å². The lowest BCUT2D eigenvalue weighted by Crippen LogP contribution is -1.93. The molecule has 1 heterocycles. The van der Waals surface area contributed by atoms with Crippen LogP contribution in [0.15, 0.2) is 17.7 Å². The van der Waals surface area contributed by atoms with Crippen molar-refractivity contribution in [2.75, 3.05) is 6.54 Å². The second-order valence-corrected chi connectivity index (χ2v) is 2.85. The molecule has 3 heteroatoms. The van der Waals surface area contributed by atoms with E-state index in [-0.39, 0.29) is 0 Å². The minimum absolute atomic E-state index is 0.589. The van der Waals surface area contributed by atoms with Gasteiger partial charge in [-0.25, -0.2) is 4.98 Å². The summed E-state index contributed by atoms with van der Waals surface area (Å²) in [6.07, 6.45) is 3.77. The summed E-state index contributed by atoms with van der Waals surface area (Å²) >= 11 is 1.64. The van der Waals surface area contributed by atoms with Crippen LogP contribution in [0.2, 0.25) is 0 Å². The van der Waals surface area contributed by atoms with Crippen LogP contribution in [-0.2, 0) is 0 Å². The van der Waals surface area contributed by atoms with E-state index in [9.17, 15) is 0 Å². The number of rotatable bonds is 2. The Morgan fingerprint density at radius 3 is 3.20 bits per heavy atom. The maximum absolute atomic E-state index is 5.34. The number of thiazole rings is 1. The zero-order valence-electron chi connectivity index (χ0n) is 5.87. The minimum atomic E-state index is 0.589. The monoisotopic (exact) mass is 154 g/mol. The van der Waals surface area contributed by atoms with Gasteiger partial charge in [-0.05, 0) is 12.5 Å². The van der Waals surface area contributed by atoms with Gasteiger partial charge in [-0.3, -0.25) is 0 Å². The first kappa shape index (κ1) is 7.44. The Bertz CT molecular complexity index is 214. The lowest BCUT2D eigenvalue weighted by atomic mass is 10.3. The third kappa shape index (κ3) is 1.65. The van der Waals surface area contributed by atoms with Crippen molar-refractivity contribution < 1.29 is 0 Å². The van der Waals surface area contributed by atoms with Gasteiger partial charge in [0, 0.05) is 18.1 Å². The van der Waals surface area contributed by atoms with Crippen molar-refractivity contribution in [2.45, 2.75) is 6.92 Å². The first-order chi connectivity index (χ1) is 4.84. The zero-order chi connectivity index (χ0) is 7.40. The molecule has 0 aliphatic rings. The standard InChI is InChI=1S/C7H10N2S/c1-6(2-3-8)7-9-4-5-10-7/h2,4-5H,3,8H2,1H3. The van der Waals surface area contributed by atoms with E-state index in [0.29, 0.717) is 6.54 Å². The molecule has 1 rings (SSSR count). The van der Waals surface area contributed by atoms with Crippen LogP contribution in [-0.4, -0.2) is 11.5 Å². The average molecular weight is 154 g/mol. The number of hydrogen-bond acceptors (Lipinski definition) is 3. The Hall–Kier alpha value is -0.670. The Labute approximate surface area is 64.4 Å². The SMILES string of the molecule is CC(=CCN)c1nccs1. The van der Waals surface area contributed by atoms with Crippen molar-refractivity contribution in [3.8, 4) is 0 Å². The van der Waals surface area contributed by atoms with E-state index in [1.54, 1.807) is 17.5 Å². The van der Waals surface area contributed by atoms with Gasteiger partial charge in [0.15, 0.2) is 0 Å². The van der Waals surface area contributed by atoms with Crippen LogP contribution in [0.5, 0.6) is 0 Å². The second kappa shape index (κ2) is 3.49. The van der Waals surface area contributed by atoms with Crippen LogP contribution in [0.3, 0.4) is 0 Å². The number of aromatic nitrogens is 1. The number of nitrogens with zero attached hydrogens (tertiary/aromatic N) is 1. The quantitative estimate of drug-likeness (QED) is 0.701. The van der Waals surface area contributed by atoms with Crippen LogP contribution in [0.1, 0.15) is 11.9 Å². The van der Waals surface area contributed by atoms with E-state index in [1.165, 1.54) is 0 Å². The molecule has 0 unspecified atom stereocenters. The van der Waals surface area contributed by atoms with Crippen LogP contribution < -0.4 is 5.73 Å². The zero-order valence-corrected chi connectivity index (χ0v) is 6.69. The third-order valence-electron chi connectivity index (χ3n) is 1.19. The molecule has 1 aromatic rings. The van der Waals surface area contributed by atoms with Gasteiger partial charge >= 0.3 is 0 Å². The Morgan fingerprint density at radius 1 is 1.90 bits per heavy atom. The average Bonchev–Trinajstić information content (AvgIpc) is 2.38. The predicted molar refractivity (Wildman–Crippen MR) is 44.8 cm³/mol. The van der Waals surface area contributed by atoms with Crippen LogP contribution >= 0.6 is 11.3 Å². The van der Waals surface area contributed by atoms with Crippen LogP contribution in [0.4, 0.5) is 0 Å². The smallest absolute Gasteiger partial charge is 0.118 e. The molecule has 2 nitrogen and oxygen atoms in total. The van der Waals surface area contributed by atoms with Gasteiger partial charge in [0.1, 0.15) is 5.01 Å². The number of nitrogens with two attached hydrogens (primary N) is 1. The molecule has 54 valence electrons. The molecular weight excluding hydrogens is 144 g/mol. The molecule has 1 aromatic heterocycles. The molecule has 0 aliphatic carbocycles. The van der Waals surface area contributed by atoms with E-state index in [2.05, 4.69) is 4.98 Å². The first-order valence-corrected chi connectivity index (χ1v) is 3.99. The topological polar surface area (TPSA) is 38.9 Å². The van der Waals surface area contributed by atoms with Gasteiger partial charge < -0.3 is 5.73 Å². The summed E-state index contributed by atoms with van der Waals surface area (Å²) in [4.78, 5) is 4.13. The molecule has 0 saturated carbocycles. The molecule has 0 aliphatic heterocycles. The van der Waals surface area contributed by atoms with Crippen molar-refractivity contribution in [3.63, 3.8) is 0 Å². The Balaban J connectivity index is 2.77. The summed E-state index contributed by atoms with van der Waals surface area (Å²) in [6, 6.07) is 0. The van der Waals surface area contributed by atoms with Crippen molar-refractivity contribution in [1.29, 1.82) is 0 Å². The molecule has 10 heavy (non-hydrogen) atoms. The lowest BCUT2D eigenvalue weighted by molar-refractivity contribution is 1.24. The molecule has 0 atom stereocenters. The highest BCUT2D eigenvalue weighted by molar-refractivity contribution is 7.10. The summed E-state index contributed by atoms with van der Waals surface area (Å²) < 4.78 is 0. The molecule has 0 amide bonds. The Morgan fingerprint density at radius 2 is 2.70 bits per heavy atom. The Kier molecular flexibility index (Phi) is 2.59. The van der Waals surface area contributed by atoms with E-state index < -0.39 is 0 Å². The second-order valence-electron chi connectivity index (χ2n) is 1.96. The third-order valence-corrected chi connectivity index (χ3v) is 2.10. The summed E-state index contributed by atoms with van der Waals surface area (Å²) in [7, 11) is 0. The molecule has 0 saturated heterocycles. The highest BCUT2D eigenvalue weighted by Gasteiger charge is 1.94. The van der Waals surface area contributed by atoms with E-state index in [0.717, 1.165) is 10.6 Å². The fourth-order valence-electron chi connectivity index (χ4n) is 0.682. The molecular formula is C7H10N2S. The summed E-state index contributed by atoms with van der Waals surface area (Å²) in [5, 5.41) is 3.02. The van der Waals surface area contributed by atoms with Gasteiger partial charge in [0.25, 0.3) is 0 Å². The molecule has 0 fully saturated rings. The first-order valence-electron chi connectivity index (χ1n) is 3.11. The summed E-state index contributed by atoms with van der Waals surface area (Å²) in [5.41, 5.74) is 6.50. The van der Waals surface area contributed by atoms with Crippen molar-refractivity contribution in [3.05, 3.63) is 22.7 Å². The molecule has 0 spiro atoms. The van der Waals surface area contributed by atoms with Gasteiger partial charge in [0.05, 0.1) is 0 Å². The van der Waals surface area contributed by atoms with Crippen molar-refractivity contribution >= 4 is 16.9 Å². The van der Waals surface area contributed by atoms with Crippen LogP contribution in [0.25, 0.3) is 5.57 Å². The highest BCUT2D eigenvalue weighted by Crippen LogP contribution is 2.14. The molecule has 0 bridgehead atoms. The lowest BCUT2D eigenvalue weighted by Gasteiger charge is -1.91. The van der Waals surface area contributed by atoms with Gasteiger partial charge in [-0.2, -0.15) is 0 Å². The summed E-state index contributed by atoms with van der Waals surface area (Å²) in [6.45, 7) is 2.61. The molecule has 0 aromatic carbocycles. The van der Waals surface area contributed by atoms with Gasteiger partial charge in [-0.1, -0.05) is 6.08 Å². The number of hydrogen-bond donors (Lipinski definition) is 1. The maximum atomic E-state index is 5.34. The van der Waals surface area contributed by atoms with E-state index in [1.807, 2.05) is 18.4 Å². The largest absolute Gasteiger partial charge is 0.327 e. The van der Waals surface area contributed by atoms with E-state index in [4.69, 9.17) is 5.73 Å².